The molecule has 1 aliphatic heterocycles. The maximum absolute atomic E-state index is 11.1. The van der Waals surface area contributed by atoms with Crippen molar-refractivity contribution in [2.45, 2.75) is 57.0 Å². The molecule has 2 fully saturated rings. The van der Waals surface area contributed by atoms with Crippen molar-refractivity contribution in [3.8, 4) is 5.88 Å². The van der Waals surface area contributed by atoms with Gasteiger partial charge in [0.05, 0.1) is 0 Å². The molecule has 1 aromatic heterocycles. The van der Waals surface area contributed by atoms with E-state index in [0.717, 1.165) is 25.7 Å². The highest BCUT2D eigenvalue weighted by atomic mass is 16.5. The molecule has 2 aliphatic rings. The first-order valence-electron chi connectivity index (χ1n) is 9.86. The summed E-state index contributed by atoms with van der Waals surface area (Å²) in [5.41, 5.74) is 2.65. The number of ether oxygens (including phenoxy) is 1. The largest absolute Gasteiger partial charge is 0.476 e. The number of hydrogen-bond donors (Lipinski definition) is 2. The minimum Gasteiger partial charge on any atom is -0.476 e. The number of nitrogens with zero attached hydrogens (tertiary/aromatic N) is 3. The van der Waals surface area contributed by atoms with Gasteiger partial charge in [0, 0.05) is 18.8 Å². The Morgan fingerprint density at radius 2 is 1.78 bits per heavy atom. The fourth-order valence-electron chi connectivity index (χ4n) is 4.22. The van der Waals surface area contributed by atoms with E-state index < -0.39 is 5.97 Å². The number of carbonyl (C=O) groups is 1. The van der Waals surface area contributed by atoms with Gasteiger partial charge in [0.2, 0.25) is 5.69 Å². The van der Waals surface area contributed by atoms with Gasteiger partial charge in [0.15, 0.2) is 0 Å². The maximum atomic E-state index is 11.1. The first-order valence-corrected chi connectivity index (χ1v) is 9.86. The van der Waals surface area contributed by atoms with E-state index >= 15 is 0 Å². The summed E-state index contributed by atoms with van der Waals surface area (Å²) in [6.07, 6.45) is 7.79. The van der Waals surface area contributed by atoms with Gasteiger partial charge in [-0.25, -0.2) is 9.89 Å². The molecule has 2 N–H and O–H groups in total. The van der Waals surface area contributed by atoms with Gasteiger partial charge in [0.25, 0.3) is 5.88 Å². The summed E-state index contributed by atoms with van der Waals surface area (Å²) in [7, 11) is 0. The van der Waals surface area contributed by atoms with Crippen LogP contribution in [0.5, 0.6) is 5.88 Å². The van der Waals surface area contributed by atoms with Gasteiger partial charge in [-0.05, 0) is 68.6 Å². The molecule has 1 saturated carbocycles. The number of carboxylic acid groups (broad SMARTS) is 1. The SMILES string of the molecule is O=C(O)c1[nH]nnc1OC1CCC(c2ccc(N3CCCCC3)cc2)CC1. The van der Waals surface area contributed by atoms with Crippen LogP contribution in [0.4, 0.5) is 5.69 Å². The summed E-state index contributed by atoms with van der Waals surface area (Å²) in [5, 5.41) is 18.8. The first-order chi connectivity index (χ1) is 13.2. The molecule has 2 heterocycles. The number of rotatable bonds is 5. The molecule has 2 aromatic rings. The van der Waals surface area contributed by atoms with Crippen LogP contribution in [0.2, 0.25) is 0 Å². The average molecular weight is 370 g/mol. The van der Waals surface area contributed by atoms with Crippen LogP contribution in [0.25, 0.3) is 0 Å². The van der Waals surface area contributed by atoms with Crippen molar-refractivity contribution in [3.05, 3.63) is 35.5 Å². The van der Waals surface area contributed by atoms with Crippen molar-refractivity contribution >= 4 is 11.7 Å². The lowest BCUT2D eigenvalue weighted by atomic mass is 9.82. The third kappa shape index (κ3) is 4.07. The molecule has 0 spiro atoms. The fourth-order valence-corrected chi connectivity index (χ4v) is 4.22. The summed E-state index contributed by atoms with van der Waals surface area (Å²) in [6.45, 7) is 2.34. The van der Waals surface area contributed by atoms with E-state index in [0.29, 0.717) is 5.92 Å². The van der Waals surface area contributed by atoms with Crippen LogP contribution in [-0.2, 0) is 0 Å². The number of piperidine rings is 1. The van der Waals surface area contributed by atoms with Gasteiger partial charge < -0.3 is 14.7 Å². The minimum absolute atomic E-state index is 0.00271. The number of hydrogen-bond acceptors (Lipinski definition) is 5. The Hall–Kier alpha value is -2.57. The molecule has 0 atom stereocenters. The lowest BCUT2D eigenvalue weighted by Gasteiger charge is -2.30. The molecule has 0 radical (unpaired) electrons. The Balaban J connectivity index is 1.32. The topological polar surface area (TPSA) is 91.3 Å². The molecule has 27 heavy (non-hydrogen) atoms. The Labute approximate surface area is 158 Å². The van der Waals surface area contributed by atoms with Crippen molar-refractivity contribution in [2.24, 2.45) is 0 Å². The number of aromatic amines is 1. The standard InChI is InChI=1S/C20H26N4O3/c25-20(26)18-19(22-23-21-18)27-17-10-6-15(7-11-17)14-4-8-16(9-5-14)24-12-2-1-3-13-24/h4-5,8-9,15,17H,1-3,6-7,10-13H2,(H,25,26)(H,21,22,23). The summed E-state index contributed by atoms with van der Waals surface area (Å²) in [5.74, 6) is -0.467. The van der Waals surface area contributed by atoms with E-state index in [1.54, 1.807) is 0 Å². The van der Waals surface area contributed by atoms with Crippen molar-refractivity contribution in [2.75, 3.05) is 18.0 Å². The predicted molar refractivity (Wildman–Crippen MR) is 101 cm³/mol. The highest BCUT2D eigenvalue weighted by molar-refractivity contribution is 5.87. The molecular weight excluding hydrogens is 344 g/mol. The number of benzene rings is 1. The van der Waals surface area contributed by atoms with E-state index in [-0.39, 0.29) is 17.7 Å². The van der Waals surface area contributed by atoms with Gasteiger partial charge in [0.1, 0.15) is 6.10 Å². The van der Waals surface area contributed by atoms with E-state index in [9.17, 15) is 4.79 Å². The highest BCUT2D eigenvalue weighted by Gasteiger charge is 2.26. The molecular formula is C20H26N4O3. The molecule has 7 nitrogen and oxygen atoms in total. The van der Waals surface area contributed by atoms with Gasteiger partial charge >= 0.3 is 5.97 Å². The third-order valence-corrected chi connectivity index (χ3v) is 5.77. The quantitative estimate of drug-likeness (QED) is 0.836. The zero-order valence-electron chi connectivity index (χ0n) is 15.4. The molecule has 1 saturated heterocycles. The molecule has 0 amide bonds. The third-order valence-electron chi connectivity index (χ3n) is 5.77. The number of aromatic carboxylic acids is 1. The molecule has 4 rings (SSSR count). The second-order valence-electron chi connectivity index (χ2n) is 7.53. The van der Waals surface area contributed by atoms with Crippen LogP contribution >= 0.6 is 0 Å². The van der Waals surface area contributed by atoms with Crippen LogP contribution in [0.15, 0.2) is 24.3 Å². The van der Waals surface area contributed by atoms with Gasteiger partial charge in [-0.1, -0.05) is 22.4 Å². The second kappa shape index (κ2) is 7.98. The fraction of sp³-hybridized carbons (Fsp3) is 0.550. The normalized spacial score (nSPS) is 23.2. The van der Waals surface area contributed by atoms with Crippen molar-refractivity contribution in [1.29, 1.82) is 0 Å². The molecule has 144 valence electrons. The second-order valence-corrected chi connectivity index (χ2v) is 7.53. The number of nitrogens with one attached hydrogen (secondary N) is 1. The Bertz CT molecular complexity index is 760. The van der Waals surface area contributed by atoms with E-state index in [1.165, 1.54) is 43.6 Å². The van der Waals surface area contributed by atoms with Crippen LogP contribution in [-0.4, -0.2) is 45.7 Å². The smallest absolute Gasteiger partial charge is 0.359 e. The first kappa shape index (κ1) is 17.8. The molecule has 0 bridgehead atoms. The zero-order valence-corrected chi connectivity index (χ0v) is 15.4. The number of H-pyrrole nitrogens is 1. The average Bonchev–Trinajstić information content (AvgIpc) is 3.18. The molecule has 7 heteroatoms. The molecule has 0 unspecified atom stereocenters. The number of carboxylic acids is 1. The van der Waals surface area contributed by atoms with Crippen LogP contribution in [0.3, 0.4) is 0 Å². The van der Waals surface area contributed by atoms with Crippen LogP contribution in [0.1, 0.15) is 66.9 Å². The maximum Gasteiger partial charge on any atom is 0.359 e. The summed E-state index contributed by atoms with van der Waals surface area (Å²) >= 11 is 0. The van der Waals surface area contributed by atoms with Gasteiger partial charge in [-0.3, -0.25) is 0 Å². The lowest BCUT2D eigenvalue weighted by molar-refractivity contribution is 0.0678. The van der Waals surface area contributed by atoms with Crippen LogP contribution in [0, 0.1) is 0 Å². The van der Waals surface area contributed by atoms with Crippen molar-refractivity contribution in [1.82, 2.24) is 15.4 Å². The molecule has 1 aliphatic carbocycles. The van der Waals surface area contributed by atoms with E-state index in [4.69, 9.17) is 9.84 Å². The Morgan fingerprint density at radius 3 is 2.44 bits per heavy atom. The van der Waals surface area contributed by atoms with Gasteiger partial charge in [-0.15, -0.1) is 0 Å². The van der Waals surface area contributed by atoms with Crippen molar-refractivity contribution < 1.29 is 14.6 Å². The van der Waals surface area contributed by atoms with E-state index in [2.05, 4.69) is 44.6 Å². The number of anilines is 1. The van der Waals surface area contributed by atoms with Crippen molar-refractivity contribution in [3.63, 3.8) is 0 Å². The Kier molecular flexibility index (Phi) is 5.27. The summed E-state index contributed by atoms with van der Waals surface area (Å²) in [4.78, 5) is 13.6. The minimum atomic E-state index is -1.10. The zero-order chi connectivity index (χ0) is 18.6. The lowest BCUT2D eigenvalue weighted by Crippen LogP contribution is -2.29. The number of aromatic nitrogens is 3. The Morgan fingerprint density at radius 1 is 1.07 bits per heavy atom. The molecule has 1 aromatic carbocycles. The summed E-state index contributed by atoms with van der Waals surface area (Å²) in [6, 6.07) is 9.07. The van der Waals surface area contributed by atoms with Crippen LogP contribution < -0.4 is 9.64 Å². The predicted octanol–water partition coefficient (Wildman–Crippen LogP) is 3.60. The summed E-state index contributed by atoms with van der Waals surface area (Å²) < 4.78 is 5.78. The monoisotopic (exact) mass is 370 g/mol. The highest BCUT2D eigenvalue weighted by Crippen LogP contribution is 2.35. The van der Waals surface area contributed by atoms with E-state index in [1.807, 2.05) is 0 Å². The van der Waals surface area contributed by atoms with Gasteiger partial charge in [-0.2, -0.15) is 0 Å².